The van der Waals surface area contributed by atoms with Crippen LogP contribution in [0.4, 0.5) is 5.69 Å². The maximum atomic E-state index is 5.53. The largest absolute Gasteiger partial charge is 0.495 e. The number of nitrogens with zero attached hydrogens (tertiary/aromatic N) is 4. The number of hydrogen-bond donors (Lipinski definition) is 2. The Bertz CT molecular complexity index is 827. The smallest absolute Gasteiger partial charge is 0.232 e. The predicted octanol–water partition coefficient (Wildman–Crippen LogP) is 2.71. The molecule has 1 fully saturated rings. The van der Waals surface area contributed by atoms with E-state index in [1.165, 1.54) is 0 Å². The second kappa shape index (κ2) is 9.15. The normalized spacial score (nSPS) is 17.9. The maximum Gasteiger partial charge on any atom is 0.232 e. The molecule has 1 aliphatic heterocycles. The van der Waals surface area contributed by atoms with Crippen LogP contribution < -0.4 is 20.3 Å². The van der Waals surface area contributed by atoms with Gasteiger partial charge in [-0.25, -0.2) is 0 Å². The van der Waals surface area contributed by atoms with E-state index >= 15 is 0 Å². The molecule has 0 amide bonds. The standard InChI is InChI=1S/C21H32N6O2/c1-21(2,3)19-25-18(26-29-19)13-23-20(22-4)24-15-9-8-12-27(14-15)16-10-6-7-11-17(16)28-5/h6-7,10-11,15H,8-9,12-14H2,1-5H3,(H2,22,23,24). The molecule has 2 aromatic rings. The highest BCUT2D eigenvalue weighted by atomic mass is 16.5. The van der Waals surface area contributed by atoms with Crippen molar-refractivity contribution in [2.75, 3.05) is 32.1 Å². The molecule has 8 nitrogen and oxygen atoms in total. The first-order valence-electron chi connectivity index (χ1n) is 10.1. The first-order chi connectivity index (χ1) is 13.9. The minimum Gasteiger partial charge on any atom is -0.495 e. The van der Waals surface area contributed by atoms with Crippen molar-refractivity contribution in [1.82, 2.24) is 20.8 Å². The van der Waals surface area contributed by atoms with Crippen LogP contribution in [-0.2, 0) is 12.0 Å². The van der Waals surface area contributed by atoms with E-state index in [1.807, 2.05) is 18.2 Å². The molecule has 1 unspecified atom stereocenters. The average molecular weight is 401 g/mol. The van der Waals surface area contributed by atoms with Gasteiger partial charge in [-0.1, -0.05) is 38.1 Å². The Balaban J connectivity index is 1.57. The number of ether oxygens (including phenoxy) is 1. The van der Waals surface area contributed by atoms with Gasteiger partial charge in [-0.05, 0) is 25.0 Å². The van der Waals surface area contributed by atoms with E-state index in [2.05, 4.69) is 57.5 Å². The topological polar surface area (TPSA) is 87.8 Å². The van der Waals surface area contributed by atoms with Gasteiger partial charge in [0.2, 0.25) is 5.89 Å². The third-order valence-electron chi connectivity index (χ3n) is 4.94. The summed E-state index contributed by atoms with van der Waals surface area (Å²) in [7, 11) is 3.49. The number of nitrogens with one attached hydrogen (secondary N) is 2. The third-order valence-corrected chi connectivity index (χ3v) is 4.94. The summed E-state index contributed by atoms with van der Waals surface area (Å²) in [6, 6.07) is 8.44. The molecule has 1 saturated heterocycles. The van der Waals surface area contributed by atoms with Crippen molar-refractivity contribution >= 4 is 11.6 Å². The molecule has 2 N–H and O–H groups in total. The molecule has 2 heterocycles. The van der Waals surface area contributed by atoms with Crippen LogP contribution in [-0.4, -0.2) is 49.4 Å². The van der Waals surface area contributed by atoms with Crippen LogP contribution in [0.2, 0.25) is 0 Å². The van der Waals surface area contributed by atoms with E-state index in [1.54, 1.807) is 14.2 Å². The highest BCUT2D eigenvalue weighted by molar-refractivity contribution is 5.80. The summed E-state index contributed by atoms with van der Waals surface area (Å²) in [5.41, 5.74) is 0.973. The molecule has 1 aliphatic rings. The molecule has 158 valence electrons. The highest BCUT2D eigenvalue weighted by Gasteiger charge is 2.24. The second-order valence-electron chi connectivity index (χ2n) is 8.29. The minimum atomic E-state index is -0.158. The van der Waals surface area contributed by atoms with E-state index in [9.17, 15) is 0 Å². The second-order valence-corrected chi connectivity index (χ2v) is 8.29. The molecule has 1 aromatic heterocycles. The van der Waals surface area contributed by atoms with Gasteiger partial charge in [0.25, 0.3) is 0 Å². The number of aliphatic imine (C=N–C) groups is 1. The minimum absolute atomic E-state index is 0.158. The molecule has 0 radical (unpaired) electrons. The number of para-hydroxylation sites is 2. The van der Waals surface area contributed by atoms with Crippen molar-refractivity contribution in [2.45, 2.75) is 51.6 Å². The zero-order valence-electron chi connectivity index (χ0n) is 18.0. The predicted molar refractivity (Wildman–Crippen MR) is 115 cm³/mol. The number of guanidine groups is 1. The van der Waals surface area contributed by atoms with Gasteiger partial charge in [0.1, 0.15) is 5.75 Å². The Hall–Kier alpha value is -2.77. The Morgan fingerprint density at radius 3 is 2.83 bits per heavy atom. The summed E-state index contributed by atoms with van der Waals surface area (Å²) < 4.78 is 10.9. The van der Waals surface area contributed by atoms with E-state index in [0.29, 0.717) is 18.3 Å². The van der Waals surface area contributed by atoms with E-state index < -0.39 is 0 Å². The molecule has 8 heteroatoms. The van der Waals surface area contributed by atoms with Crippen LogP contribution in [0.25, 0.3) is 0 Å². The molecule has 1 aromatic carbocycles. The number of aromatic nitrogens is 2. The number of hydrogen-bond acceptors (Lipinski definition) is 6. The van der Waals surface area contributed by atoms with Crippen molar-refractivity contribution in [3.63, 3.8) is 0 Å². The number of anilines is 1. The molecule has 3 rings (SSSR count). The lowest BCUT2D eigenvalue weighted by Crippen LogP contribution is -2.51. The summed E-state index contributed by atoms with van der Waals surface area (Å²) in [5.74, 6) is 2.90. The third kappa shape index (κ3) is 5.40. The fourth-order valence-electron chi connectivity index (χ4n) is 3.39. The zero-order valence-corrected chi connectivity index (χ0v) is 18.0. The number of rotatable bonds is 5. The molecule has 0 aliphatic carbocycles. The molecule has 0 spiro atoms. The van der Waals surface area contributed by atoms with Crippen LogP contribution in [0.5, 0.6) is 5.75 Å². The SMILES string of the molecule is CN=C(NCc1noc(C(C)(C)C)n1)NC1CCCN(c2ccccc2OC)C1. The van der Waals surface area contributed by atoms with Gasteiger partial charge in [0.05, 0.1) is 19.3 Å². The lowest BCUT2D eigenvalue weighted by atomic mass is 9.97. The Morgan fingerprint density at radius 1 is 1.34 bits per heavy atom. The van der Waals surface area contributed by atoms with Crippen molar-refractivity contribution in [3.8, 4) is 5.75 Å². The molecular weight excluding hydrogens is 368 g/mol. The summed E-state index contributed by atoms with van der Waals surface area (Å²) in [6.07, 6.45) is 2.19. The van der Waals surface area contributed by atoms with Gasteiger partial charge in [0, 0.05) is 31.6 Å². The fraction of sp³-hybridized carbons (Fsp3) is 0.571. The van der Waals surface area contributed by atoms with E-state index in [0.717, 1.165) is 43.3 Å². The zero-order chi connectivity index (χ0) is 20.9. The number of methoxy groups -OCH3 is 1. The Labute approximate surface area is 172 Å². The lowest BCUT2D eigenvalue weighted by molar-refractivity contribution is 0.318. The monoisotopic (exact) mass is 400 g/mol. The fourth-order valence-corrected chi connectivity index (χ4v) is 3.39. The molecule has 29 heavy (non-hydrogen) atoms. The quantitative estimate of drug-likeness (QED) is 0.589. The Kier molecular flexibility index (Phi) is 6.61. The first-order valence-corrected chi connectivity index (χ1v) is 10.1. The molecule has 0 bridgehead atoms. The number of piperidine rings is 1. The van der Waals surface area contributed by atoms with Crippen LogP contribution in [0.1, 0.15) is 45.3 Å². The van der Waals surface area contributed by atoms with Gasteiger partial charge in [-0.15, -0.1) is 0 Å². The summed E-state index contributed by atoms with van der Waals surface area (Å²) in [5, 5.41) is 10.9. The van der Waals surface area contributed by atoms with Crippen molar-refractivity contribution in [1.29, 1.82) is 0 Å². The van der Waals surface area contributed by atoms with Gasteiger partial charge < -0.3 is 24.8 Å². The molecule has 1 atom stereocenters. The van der Waals surface area contributed by atoms with Crippen LogP contribution in [0.15, 0.2) is 33.8 Å². The maximum absolute atomic E-state index is 5.53. The summed E-state index contributed by atoms with van der Waals surface area (Å²) in [4.78, 5) is 11.2. The lowest BCUT2D eigenvalue weighted by Gasteiger charge is -2.36. The summed E-state index contributed by atoms with van der Waals surface area (Å²) in [6.45, 7) is 8.51. The van der Waals surface area contributed by atoms with Gasteiger partial charge >= 0.3 is 0 Å². The van der Waals surface area contributed by atoms with Crippen molar-refractivity contribution in [3.05, 3.63) is 36.0 Å². The number of benzene rings is 1. The van der Waals surface area contributed by atoms with Crippen molar-refractivity contribution in [2.24, 2.45) is 4.99 Å². The summed E-state index contributed by atoms with van der Waals surface area (Å²) >= 11 is 0. The van der Waals surface area contributed by atoms with E-state index in [4.69, 9.17) is 9.26 Å². The first kappa shape index (κ1) is 21.0. The van der Waals surface area contributed by atoms with E-state index in [-0.39, 0.29) is 11.5 Å². The van der Waals surface area contributed by atoms with Crippen LogP contribution in [0.3, 0.4) is 0 Å². The van der Waals surface area contributed by atoms with Gasteiger partial charge in [-0.2, -0.15) is 4.98 Å². The van der Waals surface area contributed by atoms with Crippen LogP contribution >= 0.6 is 0 Å². The Morgan fingerprint density at radius 2 is 2.14 bits per heavy atom. The van der Waals surface area contributed by atoms with Crippen LogP contribution in [0, 0.1) is 0 Å². The van der Waals surface area contributed by atoms with Gasteiger partial charge in [-0.3, -0.25) is 4.99 Å². The van der Waals surface area contributed by atoms with Crippen molar-refractivity contribution < 1.29 is 9.26 Å². The average Bonchev–Trinajstić information content (AvgIpc) is 3.21. The highest BCUT2D eigenvalue weighted by Crippen LogP contribution is 2.29. The molecular formula is C21H32N6O2. The van der Waals surface area contributed by atoms with Gasteiger partial charge in [0.15, 0.2) is 11.8 Å². The molecule has 0 saturated carbocycles.